The lowest BCUT2D eigenvalue weighted by atomic mass is 9.86. The number of ether oxygens (including phenoxy) is 1. The van der Waals surface area contributed by atoms with Gasteiger partial charge >= 0.3 is 12.1 Å². The number of carboxylic acid groups (broad SMARTS) is 1. The van der Waals surface area contributed by atoms with Crippen LogP contribution in [0.2, 0.25) is 0 Å². The summed E-state index contributed by atoms with van der Waals surface area (Å²) in [4.78, 5) is 97.3. The van der Waals surface area contributed by atoms with Gasteiger partial charge in [0, 0.05) is 96.9 Å². The average Bonchev–Trinajstić information content (AvgIpc) is 1.64. The molecule has 4 aliphatic heterocycles. The van der Waals surface area contributed by atoms with Crippen molar-refractivity contribution in [2.24, 2.45) is 35.5 Å². The first kappa shape index (κ1) is 75.8. The van der Waals surface area contributed by atoms with Gasteiger partial charge in [0.25, 0.3) is 11.8 Å². The molecule has 6 fully saturated rings. The van der Waals surface area contributed by atoms with Gasteiger partial charge in [0.15, 0.2) is 0 Å². The Hall–Kier alpha value is -7.93. The fourth-order valence-corrected chi connectivity index (χ4v) is 14.1. The van der Waals surface area contributed by atoms with E-state index in [1.807, 2.05) is 43.6 Å². The van der Waals surface area contributed by atoms with E-state index in [2.05, 4.69) is 47.3 Å². The Morgan fingerprint density at radius 2 is 0.949 bits per heavy atom. The van der Waals surface area contributed by atoms with Crippen LogP contribution in [0.4, 0.5) is 35.5 Å². The zero-order chi connectivity index (χ0) is 71.2. The van der Waals surface area contributed by atoms with Gasteiger partial charge in [0.2, 0.25) is 17.8 Å². The number of alkyl carbamates (subject to hydrolysis) is 1. The smallest absolute Gasteiger partial charge is 0.408 e. The van der Waals surface area contributed by atoms with E-state index in [9.17, 15) is 59.5 Å². The van der Waals surface area contributed by atoms with Crippen molar-refractivity contribution in [2.45, 2.75) is 161 Å². The van der Waals surface area contributed by atoms with Gasteiger partial charge in [-0.1, -0.05) is 43.3 Å². The van der Waals surface area contributed by atoms with Crippen molar-refractivity contribution in [1.29, 1.82) is 0 Å². The summed E-state index contributed by atoms with van der Waals surface area (Å²) in [6, 6.07) is 17.9. The molecule has 4 saturated heterocycles. The van der Waals surface area contributed by atoms with E-state index in [0.29, 0.717) is 95.6 Å². The van der Waals surface area contributed by atoms with Crippen LogP contribution in [0.5, 0.6) is 0 Å². The molecular weight excluding hydrogens is 1280 g/mol. The number of hydrogen-bond acceptors (Lipinski definition) is 13. The van der Waals surface area contributed by atoms with Gasteiger partial charge in [-0.25, -0.2) is 55.5 Å². The number of aryl methyl sites for hydroxylation is 4. The lowest BCUT2D eigenvalue weighted by Crippen LogP contribution is -2.39. The normalized spacial score (nSPS) is 21.5. The van der Waals surface area contributed by atoms with Crippen LogP contribution in [-0.2, 0) is 19.1 Å². The van der Waals surface area contributed by atoms with E-state index in [4.69, 9.17) is 9.84 Å². The lowest BCUT2D eigenvalue weighted by molar-refractivity contribution is -0.145. The minimum Gasteiger partial charge on any atom is -0.481 e. The minimum atomic E-state index is -2.70. The highest BCUT2D eigenvalue weighted by Gasteiger charge is 2.45. The molecule has 4 unspecified atom stereocenters. The molecule has 4 amide bonds. The van der Waals surface area contributed by atoms with Crippen molar-refractivity contribution >= 4 is 36.1 Å². The molecule has 0 spiro atoms. The van der Waals surface area contributed by atoms with E-state index in [1.54, 1.807) is 51.1 Å². The van der Waals surface area contributed by atoms with Crippen molar-refractivity contribution in [2.75, 3.05) is 65.4 Å². The Bertz CT molecular complexity index is 3490. The highest BCUT2D eigenvalue weighted by molar-refractivity contribution is 5.97. The zero-order valence-electron chi connectivity index (χ0n) is 57.2. The largest absolute Gasteiger partial charge is 0.481 e. The number of halogens is 7. The van der Waals surface area contributed by atoms with Crippen LogP contribution >= 0.6 is 0 Å². The Morgan fingerprint density at radius 1 is 0.571 bits per heavy atom. The topological polar surface area (TPSA) is 220 Å². The second kappa shape index (κ2) is 33.8. The molecular formula is C73H93F7N10O8. The molecule has 18 nitrogen and oxygen atoms in total. The molecule has 25 heteroatoms. The van der Waals surface area contributed by atoms with E-state index >= 15 is 0 Å². The summed E-state index contributed by atoms with van der Waals surface area (Å²) in [5.41, 5.74) is 5.79. The predicted molar refractivity (Wildman–Crippen MR) is 354 cm³/mol. The van der Waals surface area contributed by atoms with Crippen LogP contribution in [0.3, 0.4) is 0 Å². The van der Waals surface area contributed by atoms with Gasteiger partial charge in [-0.05, 0) is 176 Å². The molecule has 6 heterocycles. The van der Waals surface area contributed by atoms with Gasteiger partial charge in [0.1, 0.15) is 42.0 Å². The summed E-state index contributed by atoms with van der Waals surface area (Å²) in [7, 11) is 0. The number of fused-ring (bicyclic) bond motifs is 2. The number of alkyl halides is 4. The molecule has 3 aromatic carbocycles. The average molecular weight is 1370 g/mol. The number of aldehydes is 1. The fourth-order valence-electron chi connectivity index (χ4n) is 14.1. The van der Waals surface area contributed by atoms with E-state index in [1.165, 1.54) is 49.1 Å². The van der Waals surface area contributed by atoms with Gasteiger partial charge in [-0.2, -0.15) is 0 Å². The molecule has 5 aromatic rings. The third kappa shape index (κ3) is 21.5. The fraction of sp³-hybridized carbons (Fsp3) is 0.562. The number of carbonyl (C=O) groups is 6. The predicted octanol–water partition coefficient (Wildman–Crippen LogP) is 12.6. The zero-order valence-corrected chi connectivity index (χ0v) is 57.2. The first-order valence-corrected chi connectivity index (χ1v) is 33.9. The second-order valence-electron chi connectivity index (χ2n) is 28.2. The standard InChI is InChI=1S/C29H36F3N5O2.C23H29FN4O.C14H18FNO3.C7H10F2O2/c1-18-26(19(2)34-17-33-18)28(39)37-15-22-13-36(14-23(22)16-37)11-8-25(21-4-3-5-24(30)12-21)35-27(38)20-6-9-29(31,32)10-7-20;1-15(18-5-4-6-21(24)9-18)7-8-27-10-19-12-28(13-20(19)11-27)23(29)22-16(2)25-14-26-17(22)3;1-14(2,3)19-13(18)16-12(7-8-17)10-5-4-6-11(15)9-10;8-7(9)3-1-5(2-4-7)6(10)11/h3-5,12,17,20,22-23,25H,6-11,13-16H2,1-2H3,(H,35,38);4-6,9,14-15,19-20H,7-8,10-13H2,1-3H3;4-6,8-9,12H,7H2,1-3H3,(H,16,18);5H,1-4H2,(H,10,11)/t22?,23?,25-;15-,19?,20?;12-;/m000./s1. The van der Waals surface area contributed by atoms with E-state index < -0.39 is 59.2 Å². The highest BCUT2D eigenvalue weighted by atomic mass is 19.3. The summed E-state index contributed by atoms with van der Waals surface area (Å²) < 4.78 is 97.8. The lowest BCUT2D eigenvalue weighted by Gasteiger charge is -2.30. The molecule has 3 N–H and O–H groups in total. The van der Waals surface area contributed by atoms with Crippen molar-refractivity contribution in [1.82, 2.24) is 50.2 Å². The minimum absolute atomic E-state index is 0.0131. The third-order valence-corrected chi connectivity index (χ3v) is 19.6. The quantitative estimate of drug-likeness (QED) is 0.0582. The number of hydrogen-bond donors (Lipinski definition) is 3. The number of carbonyl (C=O) groups excluding carboxylic acids is 5. The number of likely N-dealkylation sites (tertiary alicyclic amines) is 4. The van der Waals surface area contributed by atoms with Crippen LogP contribution in [0.1, 0.15) is 177 Å². The number of aliphatic carboxylic acids is 1. The Kier molecular flexibility index (Phi) is 26.1. The molecule has 2 aliphatic carbocycles. The molecule has 2 saturated carbocycles. The van der Waals surface area contributed by atoms with Gasteiger partial charge in [-0.15, -0.1) is 0 Å². The molecule has 2 aromatic heterocycles. The number of carboxylic acids is 1. The third-order valence-electron chi connectivity index (χ3n) is 19.6. The van der Waals surface area contributed by atoms with Crippen molar-refractivity contribution in [3.63, 3.8) is 0 Å². The van der Waals surface area contributed by atoms with Gasteiger partial charge in [0.05, 0.1) is 51.9 Å². The summed E-state index contributed by atoms with van der Waals surface area (Å²) in [6.45, 7) is 23.3. The van der Waals surface area contributed by atoms with Gasteiger partial charge in [-0.3, -0.25) is 19.2 Å². The van der Waals surface area contributed by atoms with Crippen LogP contribution < -0.4 is 10.6 Å². The molecule has 7 atom stereocenters. The first-order valence-electron chi connectivity index (χ1n) is 33.9. The maximum absolute atomic E-state index is 14.0. The van der Waals surface area contributed by atoms with Crippen LogP contribution in [-0.4, -0.2) is 164 Å². The Labute approximate surface area is 569 Å². The molecule has 0 radical (unpaired) electrons. The number of aromatic nitrogens is 4. The Morgan fingerprint density at radius 3 is 1.34 bits per heavy atom. The van der Waals surface area contributed by atoms with E-state index in [-0.39, 0.29) is 87.1 Å². The number of nitrogens with zero attached hydrogens (tertiary/aromatic N) is 8. The first-order chi connectivity index (χ1) is 46.3. The number of nitrogens with one attached hydrogen (secondary N) is 2. The van der Waals surface area contributed by atoms with E-state index in [0.717, 1.165) is 69.2 Å². The second-order valence-corrected chi connectivity index (χ2v) is 28.2. The molecule has 0 bridgehead atoms. The van der Waals surface area contributed by atoms with Crippen LogP contribution in [0.25, 0.3) is 0 Å². The summed E-state index contributed by atoms with van der Waals surface area (Å²) >= 11 is 0. The monoisotopic (exact) mass is 1370 g/mol. The summed E-state index contributed by atoms with van der Waals surface area (Å²) in [6.07, 6.45) is 4.14. The molecule has 6 aliphatic rings. The SMILES string of the molecule is CC(C)(C)OC(=O)N[C@@H](CC=O)c1cccc(F)c1.Cc1ncnc(C)c1C(=O)N1CC2CN(CC[C@H](C)c3cccc(F)c3)CC2C1.Cc1ncnc(C)c1C(=O)N1CC2CN(CC[C@H](NC(=O)C3CCC(F)(F)CC3)c3cccc(F)c3)CC2C1.O=C(O)C1CCC(F)(F)CC1. The molecule has 98 heavy (non-hydrogen) atoms. The Balaban J connectivity index is 0.000000182. The number of rotatable bonds is 17. The highest BCUT2D eigenvalue weighted by Crippen LogP contribution is 2.39. The summed E-state index contributed by atoms with van der Waals surface area (Å²) in [5, 5.41) is 14.1. The van der Waals surface area contributed by atoms with Crippen LogP contribution in [0, 0.1) is 80.7 Å². The summed E-state index contributed by atoms with van der Waals surface area (Å²) in [5.74, 6) is -6.24. The maximum Gasteiger partial charge on any atom is 0.408 e. The van der Waals surface area contributed by atoms with Gasteiger partial charge < -0.3 is 44.9 Å². The molecule has 11 rings (SSSR count). The van der Waals surface area contributed by atoms with Crippen molar-refractivity contribution in [3.8, 4) is 0 Å². The molecule has 532 valence electrons. The number of benzene rings is 3. The maximum atomic E-state index is 14.0. The van der Waals surface area contributed by atoms with Crippen LogP contribution in [0.15, 0.2) is 85.5 Å². The number of amides is 4. The van der Waals surface area contributed by atoms with Crippen molar-refractivity contribution < 1.29 is 69.3 Å². The van der Waals surface area contributed by atoms with Crippen molar-refractivity contribution in [3.05, 3.63) is 153 Å².